The van der Waals surface area contributed by atoms with E-state index < -0.39 is 0 Å². The Morgan fingerprint density at radius 1 is 1.20 bits per heavy atom. The summed E-state index contributed by atoms with van der Waals surface area (Å²) in [6.45, 7) is 1.16. The van der Waals surface area contributed by atoms with Gasteiger partial charge >= 0.3 is 0 Å². The van der Waals surface area contributed by atoms with Crippen LogP contribution in [0.1, 0.15) is 24.8 Å². The molecule has 7 heteroatoms. The summed E-state index contributed by atoms with van der Waals surface area (Å²) in [7, 11) is 3.33. The number of nitrogens with one attached hydrogen (secondary N) is 1. The third kappa shape index (κ3) is 4.37. The highest BCUT2D eigenvalue weighted by molar-refractivity contribution is 6.32. The number of hydrogen-bond acceptors (Lipinski definition) is 5. The number of carbonyl (C=O) groups is 1. The second kappa shape index (κ2) is 8.25. The molecule has 1 fully saturated rings. The lowest BCUT2D eigenvalue weighted by atomic mass is 10.1. The van der Waals surface area contributed by atoms with Crippen molar-refractivity contribution in [2.75, 3.05) is 27.4 Å². The van der Waals surface area contributed by atoms with Gasteiger partial charge in [-0.1, -0.05) is 11.6 Å². The normalized spacial score (nSPS) is 25.5. The van der Waals surface area contributed by atoms with Crippen molar-refractivity contribution in [3.05, 3.63) is 22.7 Å². The van der Waals surface area contributed by atoms with Crippen LogP contribution in [0.25, 0.3) is 0 Å². The van der Waals surface area contributed by atoms with Gasteiger partial charge in [-0.05, 0) is 30.5 Å². The first-order valence-corrected chi connectivity index (χ1v) is 8.91. The number of amides is 1. The molecule has 1 aliphatic carbocycles. The van der Waals surface area contributed by atoms with Crippen molar-refractivity contribution in [2.24, 2.45) is 0 Å². The van der Waals surface area contributed by atoms with Crippen molar-refractivity contribution in [1.82, 2.24) is 5.32 Å². The molecule has 25 heavy (non-hydrogen) atoms. The van der Waals surface area contributed by atoms with E-state index >= 15 is 0 Å². The van der Waals surface area contributed by atoms with Crippen LogP contribution in [0.5, 0.6) is 11.5 Å². The largest absolute Gasteiger partial charge is 0.489 e. The monoisotopic (exact) mass is 369 g/mol. The summed E-state index contributed by atoms with van der Waals surface area (Å²) in [5.41, 5.74) is 0.802. The first-order chi connectivity index (χ1) is 12.1. The van der Waals surface area contributed by atoms with Crippen molar-refractivity contribution < 1.29 is 23.7 Å². The van der Waals surface area contributed by atoms with Gasteiger partial charge in [-0.25, -0.2) is 0 Å². The highest BCUT2D eigenvalue weighted by Gasteiger charge is 2.35. The lowest BCUT2D eigenvalue weighted by molar-refractivity contribution is -0.121. The fourth-order valence-electron chi connectivity index (χ4n) is 3.42. The van der Waals surface area contributed by atoms with Crippen LogP contribution in [0, 0.1) is 0 Å². The summed E-state index contributed by atoms with van der Waals surface area (Å²) in [4.78, 5) is 12.4. The van der Waals surface area contributed by atoms with E-state index in [0.717, 1.165) is 24.8 Å². The number of methoxy groups -OCH3 is 2. The number of halogens is 1. The molecule has 1 N–H and O–H groups in total. The van der Waals surface area contributed by atoms with E-state index in [-0.39, 0.29) is 30.6 Å². The molecule has 1 unspecified atom stereocenters. The predicted octanol–water partition coefficient (Wildman–Crippen LogP) is 2.35. The van der Waals surface area contributed by atoms with Gasteiger partial charge in [0.05, 0.1) is 36.9 Å². The molecule has 1 aromatic rings. The van der Waals surface area contributed by atoms with Crippen LogP contribution >= 0.6 is 11.6 Å². The van der Waals surface area contributed by atoms with Gasteiger partial charge in [0.25, 0.3) is 0 Å². The zero-order valence-corrected chi connectivity index (χ0v) is 15.3. The molecule has 1 aliphatic heterocycles. The Balaban J connectivity index is 1.62. The van der Waals surface area contributed by atoms with Gasteiger partial charge in [0.15, 0.2) is 11.5 Å². The Bertz CT molecular complexity index is 612. The number of benzene rings is 1. The Morgan fingerprint density at radius 2 is 1.88 bits per heavy atom. The molecule has 1 amide bonds. The van der Waals surface area contributed by atoms with Gasteiger partial charge < -0.3 is 24.3 Å². The van der Waals surface area contributed by atoms with E-state index in [1.807, 2.05) is 6.07 Å². The first kappa shape index (κ1) is 18.3. The SMILES string of the molecule is CO[C@H]1CC(NC(=O)Cc2cc(Cl)c3c(c2)OCCCO3)C[C@H]1OC. The van der Waals surface area contributed by atoms with Crippen LogP contribution in [0.3, 0.4) is 0 Å². The summed E-state index contributed by atoms with van der Waals surface area (Å²) in [6, 6.07) is 3.65. The predicted molar refractivity (Wildman–Crippen MR) is 93.5 cm³/mol. The summed E-state index contributed by atoms with van der Waals surface area (Å²) in [5.74, 6) is 1.11. The topological polar surface area (TPSA) is 66.0 Å². The fourth-order valence-corrected chi connectivity index (χ4v) is 3.71. The molecule has 1 aromatic carbocycles. The minimum Gasteiger partial charge on any atom is -0.489 e. The van der Waals surface area contributed by atoms with E-state index in [2.05, 4.69) is 5.32 Å². The van der Waals surface area contributed by atoms with Gasteiger partial charge in [-0.15, -0.1) is 0 Å². The van der Waals surface area contributed by atoms with Crippen LogP contribution in [0.2, 0.25) is 5.02 Å². The molecular formula is C18H24ClNO5. The summed E-state index contributed by atoms with van der Waals surface area (Å²) >= 11 is 6.28. The Morgan fingerprint density at radius 3 is 2.56 bits per heavy atom. The number of rotatable bonds is 5. The minimum atomic E-state index is -0.0536. The molecule has 0 radical (unpaired) electrons. The van der Waals surface area contributed by atoms with E-state index in [4.69, 9.17) is 30.5 Å². The molecule has 2 aliphatic rings. The standard InChI is InChI=1S/C18H24ClNO5/c1-22-14-9-12(10-15(14)23-2)20-17(21)8-11-6-13(19)18-16(7-11)24-4-3-5-25-18/h6-7,12,14-15H,3-5,8-10H2,1-2H3,(H,20,21)/t12?,14-,15+. The van der Waals surface area contributed by atoms with Crippen LogP contribution < -0.4 is 14.8 Å². The summed E-state index contributed by atoms with van der Waals surface area (Å²) < 4.78 is 22.1. The van der Waals surface area contributed by atoms with Gasteiger partial charge in [-0.3, -0.25) is 4.79 Å². The van der Waals surface area contributed by atoms with Gasteiger partial charge in [0, 0.05) is 26.7 Å². The average molecular weight is 370 g/mol. The maximum Gasteiger partial charge on any atom is 0.224 e. The van der Waals surface area contributed by atoms with Crippen molar-refractivity contribution in [1.29, 1.82) is 0 Å². The van der Waals surface area contributed by atoms with Crippen LogP contribution in [-0.2, 0) is 20.7 Å². The number of ether oxygens (including phenoxy) is 4. The van der Waals surface area contributed by atoms with E-state index in [0.29, 0.717) is 29.7 Å². The molecule has 1 saturated carbocycles. The van der Waals surface area contributed by atoms with Crippen molar-refractivity contribution in [3.63, 3.8) is 0 Å². The van der Waals surface area contributed by atoms with Crippen LogP contribution in [0.15, 0.2) is 12.1 Å². The Hall–Kier alpha value is -1.50. The Labute approximate surface area is 152 Å². The highest BCUT2D eigenvalue weighted by Crippen LogP contribution is 2.38. The third-order valence-electron chi connectivity index (χ3n) is 4.65. The molecular weight excluding hydrogens is 346 g/mol. The zero-order chi connectivity index (χ0) is 17.8. The van der Waals surface area contributed by atoms with Crippen LogP contribution in [0.4, 0.5) is 0 Å². The molecule has 0 bridgehead atoms. The van der Waals surface area contributed by atoms with Crippen molar-refractivity contribution in [2.45, 2.75) is 43.9 Å². The highest BCUT2D eigenvalue weighted by atomic mass is 35.5. The molecule has 3 atom stereocenters. The van der Waals surface area contributed by atoms with Gasteiger partial charge in [0.2, 0.25) is 5.91 Å². The second-order valence-corrected chi connectivity index (χ2v) is 6.82. The maximum atomic E-state index is 12.4. The zero-order valence-electron chi connectivity index (χ0n) is 14.5. The Kier molecular flexibility index (Phi) is 6.04. The number of carbonyl (C=O) groups excluding carboxylic acids is 1. The van der Waals surface area contributed by atoms with E-state index in [1.165, 1.54) is 0 Å². The fraction of sp³-hybridized carbons (Fsp3) is 0.611. The van der Waals surface area contributed by atoms with E-state index in [1.54, 1.807) is 20.3 Å². The first-order valence-electron chi connectivity index (χ1n) is 8.53. The second-order valence-electron chi connectivity index (χ2n) is 6.42. The number of hydrogen-bond donors (Lipinski definition) is 1. The lowest BCUT2D eigenvalue weighted by Crippen LogP contribution is -2.34. The molecule has 3 rings (SSSR count). The average Bonchev–Trinajstić information content (AvgIpc) is 2.81. The molecule has 6 nitrogen and oxygen atoms in total. The van der Waals surface area contributed by atoms with Crippen molar-refractivity contribution in [3.8, 4) is 11.5 Å². The molecule has 0 spiro atoms. The van der Waals surface area contributed by atoms with Crippen molar-refractivity contribution >= 4 is 17.5 Å². The molecule has 1 heterocycles. The summed E-state index contributed by atoms with van der Waals surface area (Å²) in [5, 5.41) is 3.53. The molecule has 0 saturated heterocycles. The quantitative estimate of drug-likeness (QED) is 0.863. The minimum absolute atomic E-state index is 0.0165. The maximum absolute atomic E-state index is 12.4. The smallest absolute Gasteiger partial charge is 0.224 e. The summed E-state index contributed by atoms with van der Waals surface area (Å²) in [6.07, 6.45) is 2.59. The number of fused-ring (bicyclic) bond motifs is 1. The lowest BCUT2D eigenvalue weighted by Gasteiger charge is -2.14. The van der Waals surface area contributed by atoms with Gasteiger partial charge in [0.1, 0.15) is 0 Å². The van der Waals surface area contributed by atoms with Gasteiger partial charge in [-0.2, -0.15) is 0 Å². The third-order valence-corrected chi connectivity index (χ3v) is 4.93. The molecule has 138 valence electrons. The van der Waals surface area contributed by atoms with Crippen LogP contribution in [-0.4, -0.2) is 51.6 Å². The molecule has 0 aromatic heterocycles. The van der Waals surface area contributed by atoms with E-state index in [9.17, 15) is 4.79 Å².